The monoisotopic (exact) mass is 220 g/mol. The van der Waals surface area contributed by atoms with Crippen LogP contribution in [0.2, 0.25) is 0 Å². The molecule has 16 heavy (non-hydrogen) atoms. The lowest BCUT2D eigenvalue weighted by molar-refractivity contribution is -0.0768. The largest absolute Gasteiger partial charge is 0.387 e. The summed E-state index contributed by atoms with van der Waals surface area (Å²) in [6.45, 7) is 2.69. The summed E-state index contributed by atoms with van der Waals surface area (Å²) in [5.74, 6) is 0. The number of aryl methyl sites for hydroxylation is 1. The average Bonchev–Trinajstić information content (AvgIpc) is 2.82. The molecule has 2 nitrogen and oxygen atoms in total. The van der Waals surface area contributed by atoms with Gasteiger partial charge in [-0.3, -0.25) is 0 Å². The minimum atomic E-state index is -0.688. The highest BCUT2D eigenvalue weighted by molar-refractivity contribution is 5.15. The molecular formula is C14H20O2. The van der Waals surface area contributed by atoms with Crippen molar-refractivity contribution in [3.8, 4) is 0 Å². The van der Waals surface area contributed by atoms with Crippen LogP contribution in [0.4, 0.5) is 0 Å². The Kier molecular flexibility index (Phi) is 3.62. The van der Waals surface area contributed by atoms with Gasteiger partial charge in [-0.1, -0.05) is 30.3 Å². The van der Waals surface area contributed by atoms with Gasteiger partial charge in [0.2, 0.25) is 0 Å². The smallest absolute Gasteiger partial charge is 0.0883 e. The van der Waals surface area contributed by atoms with Crippen molar-refractivity contribution in [2.75, 3.05) is 6.61 Å². The summed E-state index contributed by atoms with van der Waals surface area (Å²) in [4.78, 5) is 0. The van der Waals surface area contributed by atoms with Crippen LogP contribution in [0.1, 0.15) is 31.7 Å². The SMILES string of the molecule is CC(O)(CCc1ccccc1)C1CCCO1. The van der Waals surface area contributed by atoms with Crippen LogP contribution >= 0.6 is 0 Å². The Morgan fingerprint density at radius 3 is 2.75 bits per heavy atom. The van der Waals surface area contributed by atoms with E-state index in [2.05, 4.69) is 12.1 Å². The first kappa shape index (κ1) is 11.6. The molecule has 88 valence electrons. The number of hydrogen-bond acceptors (Lipinski definition) is 2. The summed E-state index contributed by atoms with van der Waals surface area (Å²) in [5.41, 5.74) is 0.590. The van der Waals surface area contributed by atoms with Gasteiger partial charge in [-0.05, 0) is 38.2 Å². The van der Waals surface area contributed by atoms with Gasteiger partial charge in [0, 0.05) is 6.61 Å². The first-order valence-corrected chi connectivity index (χ1v) is 6.06. The van der Waals surface area contributed by atoms with Crippen LogP contribution in [-0.4, -0.2) is 23.4 Å². The van der Waals surface area contributed by atoms with E-state index >= 15 is 0 Å². The molecule has 2 rings (SSSR count). The third-order valence-electron chi connectivity index (χ3n) is 3.39. The van der Waals surface area contributed by atoms with E-state index in [1.54, 1.807) is 0 Å². The van der Waals surface area contributed by atoms with E-state index in [9.17, 15) is 5.11 Å². The topological polar surface area (TPSA) is 29.5 Å². The van der Waals surface area contributed by atoms with E-state index in [4.69, 9.17) is 4.74 Å². The van der Waals surface area contributed by atoms with Crippen molar-refractivity contribution in [2.24, 2.45) is 0 Å². The lowest BCUT2D eigenvalue weighted by atomic mass is 9.90. The van der Waals surface area contributed by atoms with Gasteiger partial charge in [0.05, 0.1) is 11.7 Å². The van der Waals surface area contributed by atoms with Crippen LogP contribution in [0, 0.1) is 0 Å². The van der Waals surface area contributed by atoms with Gasteiger partial charge in [-0.15, -0.1) is 0 Å². The zero-order valence-corrected chi connectivity index (χ0v) is 9.86. The third kappa shape index (κ3) is 2.83. The summed E-state index contributed by atoms with van der Waals surface area (Å²) in [5, 5.41) is 10.4. The average molecular weight is 220 g/mol. The van der Waals surface area contributed by atoms with E-state index < -0.39 is 5.60 Å². The Hall–Kier alpha value is -0.860. The van der Waals surface area contributed by atoms with Crippen molar-refractivity contribution < 1.29 is 9.84 Å². The molecule has 1 aromatic rings. The van der Waals surface area contributed by atoms with E-state index in [1.807, 2.05) is 25.1 Å². The molecule has 2 heteroatoms. The molecule has 1 N–H and O–H groups in total. The highest BCUT2D eigenvalue weighted by Crippen LogP contribution is 2.27. The Balaban J connectivity index is 1.89. The Bertz CT molecular complexity index is 313. The molecular weight excluding hydrogens is 200 g/mol. The maximum atomic E-state index is 10.4. The van der Waals surface area contributed by atoms with Gasteiger partial charge in [0.25, 0.3) is 0 Å². The molecule has 0 bridgehead atoms. The van der Waals surface area contributed by atoms with Gasteiger partial charge in [-0.25, -0.2) is 0 Å². The fraction of sp³-hybridized carbons (Fsp3) is 0.571. The number of ether oxygens (including phenoxy) is 1. The lowest BCUT2D eigenvalue weighted by Gasteiger charge is -2.29. The second-order valence-corrected chi connectivity index (χ2v) is 4.84. The van der Waals surface area contributed by atoms with Crippen molar-refractivity contribution >= 4 is 0 Å². The second kappa shape index (κ2) is 4.98. The predicted octanol–water partition coefficient (Wildman–Crippen LogP) is 2.55. The Labute approximate surface area is 97.3 Å². The highest BCUT2D eigenvalue weighted by Gasteiger charge is 2.34. The quantitative estimate of drug-likeness (QED) is 0.845. The van der Waals surface area contributed by atoms with Crippen molar-refractivity contribution in [2.45, 2.75) is 44.3 Å². The normalized spacial score (nSPS) is 24.2. The van der Waals surface area contributed by atoms with Crippen molar-refractivity contribution in [1.82, 2.24) is 0 Å². The van der Waals surface area contributed by atoms with Crippen molar-refractivity contribution in [1.29, 1.82) is 0 Å². The predicted molar refractivity (Wildman–Crippen MR) is 64.4 cm³/mol. The van der Waals surface area contributed by atoms with Crippen molar-refractivity contribution in [3.05, 3.63) is 35.9 Å². The van der Waals surface area contributed by atoms with Crippen LogP contribution in [0.25, 0.3) is 0 Å². The van der Waals surface area contributed by atoms with Crippen LogP contribution in [0.15, 0.2) is 30.3 Å². The minimum Gasteiger partial charge on any atom is -0.387 e. The molecule has 2 atom stereocenters. The van der Waals surface area contributed by atoms with Crippen LogP contribution in [0.3, 0.4) is 0 Å². The molecule has 2 unspecified atom stereocenters. The van der Waals surface area contributed by atoms with Crippen LogP contribution < -0.4 is 0 Å². The highest BCUT2D eigenvalue weighted by atomic mass is 16.5. The molecule has 0 saturated carbocycles. The summed E-state index contributed by atoms with van der Waals surface area (Å²) in [6.07, 6.45) is 3.76. The van der Waals surface area contributed by atoms with Gasteiger partial charge in [0.1, 0.15) is 0 Å². The van der Waals surface area contributed by atoms with E-state index in [1.165, 1.54) is 5.56 Å². The number of rotatable bonds is 4. The van der Waals surface area contributed by atoms with Crippen molar-refractivity contribution in [3.63, 3.8) is 0 Å². The zero-order chi connectivity index (χ0) is 11.4. The second-order valence-electron chi connectivity index (χ2n) is 4.84. The van der Waals surface area contributed by atoms with Gasteiger partial charge < -0.3 is 9.84 Å². The van der Waals surface area contributed by atoms with E-state index in [-0.39, 0.29) is 6.10 Å². The minimum absolute atomic E-state index is 0.0243. The molecule has 1 aliphatic heterocycles. The summed E-state index contributed by atoms with van der Waals surface area (Å²) in [7, 11) is 0. The lowest BCUT2D eigenvalue weighted by Crippen LogP contribution is -2.39. The molecule has 1 aromatic carbocycles. The maximum absolute atomic E-state index is 10.4. The standard InChI is InChI=1S/C14H20O2/c1-14(15,13-8-5-11-16-13)10-9-12-6-3-2-4-7-12/h2-4,6-7,13,15H,5,8-11H2,1H3. The van der Waals surface area contributed by atoms with Crippen LogP contribution in [0.5, 0.6) is 0 Å². The van der Waals surface area contributed by atoms with E-state index in [0.717, 1.165) is 32.3 Å². The maximum Gasteiger partial charge on any atom is 0.0883 e. The molecule has 1 aliphatic rings. The summed E-state index contributed by atoms with van der Waals surface area (Å²) < 4.78 is 5.56. The number of aliphatic hydroxyl groups is 1. The first-order valence-electron chi connectivity index (χ1n) is 6.06. The van der Waals surface area contributed by atoms with Gasteiger partial charge >= 0.3 is 0 Å². The fourth-order valence-electron chi connectivity index (χ4n) is 2.27. The molecule has 0 amide bonds. The van der Waals surface area contributed by atoms with Gasteiger partial charge in [0.15, 0.2) is 0 Å². The Morgan fingerprint density at radius 1 is 1.38 bits per heavy atom. The zero-order valence-electron chi connectivity index (χ0n) is 9.86. The summed E-state index contributed by atoms with van der Waals surface area (Å²) >= 11 is 0. The van der Waals surface area contributed by atoms with Gasteiger partial charge in [-0.2, -0.15) is 0 Å². The molecule has 0 aromatic heterocycles. The molecule has 1 saturated heterocycles. The molecule has 0 aliphatic carbocycles. The third-order valence-corrected chi connectivity index (χ3v) is 3.39. The molecule has 1 fully saturated rings. The molecule has 0 radical (unpaired) electrons. The van der Waals surface area contributed by atoms with E-state index in [0.29, 0.717) is 0 Å². The molecule has 1 heterocycles. The fourth-order valence-corrected chi connectivity index (χ4v) is 2.27. The number of benzene rings is 1. The molecule has 0 spiro atoms. The number of hydrogen-bond donors (Lipinski definition) is 1. The van der Waals surface area contributed by atoms with Crippen LogP contribution in [-0.2, 0) is 11.2 Å². The first-order chi connectivity index (χ1) is 7.68. The summed E-state index contributed by atoms with van der Waals surface area (Å²) in [6, 6.07) is 10.3. The Morgan fingerprint density at radius 2 is 2.12 bits per heavy atom.